The number of esters is 1. The van der Waals surface area contributed by atoms with Crippen LogP contribution in [0.3, 0.4) is 0 Å². The molecular weight excluding hydrogens is 216 g/mol. The molecule has 3 heteroatoms. The summed E-state index contributed by atoms with van der Waals surface area (Å²) in [5.41, 5.74) is 1.15. The van der Waals surface area contributed by atoms with Gasteiger partial charge in [-0.2, -0.15) is 0 Å². The molecule has 1 heterocycles. The molecule has 0 aliphatic carbocycles. The van der Waals surface area contributed by atoms with Gasteiger partial charge in [-0.05, 0) is 17.7 Å². The standard InChI is InChI=1S/C14H14O3/c1-10(11-6-4-3-5-7-11)12-8-9-13(17-12)14(15)16-2/h3-10H,1-2H3. The Balaban J connectivity index is 2.23. The lowest BCUT2D eigenvalue weighted by atomic mass is 9.99. The summed E-state index contributed by atoms with van der Waals surface area (Å²) in [6.45, 7) is 2.04. The molecule has 1 aromatic heterocycles. The molecule has 1 aromatic carbocycles. The Morgan fingerprint density at radius 3 is 2.53 bits per heavy atom. The second-order valence-corrected chi connectivity index (χ2v) is 3.83. The van der Waals surface area contributed by atoms with E-state index in [2.05, 4.69) is 4.74 Å². The highest BCUT2D eigenvalue weighted by atomic mass is 16.5. The van der Waals surface area contributed by atoms with Crippen LogP contribution in [0.1, 0.15) is 34.7 Å². The number of carbonyl (C=O) groups excluding carboxylic acids is 1. The number of benzene rings is 1. The van der Waals surface area contributed by atoms with Crippen molar-refractivity contribution >= 4 is 5.97 Å². The highest BCUT2D eigenvalue weighted by Gasteiger charge is 2.16. The molecule has 3 nitrogen and oxygen atoms in total. The molecule has 0 aliphatic rings. The van der Waals surface area contributed by atoms with Gasteiger partial charge < -0.3 is 9.15 Å². The van der Waals surface area contributed by atoms with Gasteiger partial charge in [-0.25, -0.2) is 4.79 Å². The van der Waals surface area contributed by atoms with E-state index in [4.69, 9.17) is 4.42 Å². The zero-order chi connectivity index (χ0) is 12.3. The van der Waals surface area contributed by atoms with Crippen LogP contribution >= 0.6 is 0 Å². The number of hydrogen-bond donors (Lipinski definition) is 0. The molecule has 0 amide bonds. The smallest absolute Gasteiger partial charge is 0.373 e. The summed E-state index contributed by atoms with van der Waals surface area (Å²) in [5.74, 6) is 0.674. The first-order valence-electron chi connectivity index (χ1n) is 5.45. The molecule has 0 radical (unpaired) electrons. The normalized spacial score (nSPS) is 12.1. The molecule has 0 N–H and O–H groups in total. The van der Waals surface area contributed by atoms with Crippen LogP contribution < -0.4 is 0 Å². The summed E-state index contributed by atoms with van der Waals surface area (Å²) in [4.78, 5) is 11.3. The van der Waals surface area contributed by atoms with E-state index in [-0.39, 0.29) is 11.7 Å². The Morgan fingerprint density at radius 1 is 1.18 bits per heavy atom. The molecule has 0 saturated heterocycles. The van der Waals surface area contributed by atoms with E-state index in [1.54, 1.807) is 6.07 Å². The third kappa shape index (κ3) is 2.38. The minimum Gasteiger partial charge on any atom is -0.463 e. The number of carbonyl (C=O) groups is 1. The number of rotatable bonds is 3. The van der Waals surface area contributed by atoms with Crippen molar-refractivity contribution in [1.29, 1.82) is 0 Å². The van der Waals surface area contributed by atoms with Gasteiger partial charge in [0.25, 0.3) is 0 Å². The van der Waals surface area contributed by atoms with Crippen molar-refractivity contribution in [2.45, 2.75) is 12.8 Å². The minimum absolute atomic E-state index is 0.120. The van der Waals surface area contributed by atoms with Gasteiger partial charge in [-0.3, -0.25) is 0 Å². The summed E-state index contributed by atoms with van der Waals surface area (Å²) in [5, 5.41) is 0. The lowest BCUT2D eigenvalue weighted by Gasteiger charge is -2.08. The molecule has 0 fully saturated rings. The Bertz CT molecular complexity index is 499. The monoisotopic (exact) mass is 230 g/mol. The van der Waals surface area contributed by atoms with E-state index in [0.717, 1.165) is 11.3 Å². The molecule has 2 aromatic rings. The summed E-state index contributed by atoms with van der Waals surface area (Å²) in [7, 11) is 1.34. The highest BCUT2D eigenvalue weighted by molar-refractivity contribution is 5.86. The Kier molecular flexibility index (Phi) is 3.28. The van der Waals surface area contributed by atoms with Gasteiger partial charge in [0.2, 0.25) is 5.76 Å². The van der Waals surface area contributed by atoms with Crippen molar-refractivity contribution in [3.8, 4) is 0 Å². The van der Waals surface area contributed by atoms with Gasteiger partial charge in [0.1, 0.15) is 5.76 Å². The van der Waals surface area contributed by atoms with Gasteiger partial charge in [-0.15, -0.1) is 0 Å². The minimum atomic E-state index is -0.448. The average Bonchev–Trinajstić information content (AvgIpc) is 2.87. The van der Waals surface area contributed by atoms with E-state index in [1.165, 1.54) is 7.11 Å². The largest absolute Gasteiger partial charge is 0.463 e. The second-order valence-electron chi connectivity index (χ2n) is 3.83. The third-order valence-electron chi connectivity index (χ3n) is 2.74. The van der Waals surface area contributed by atoms with Crippen molar-refractivity contribution in [2.75, 3.05) is 7.11 Å². The molecule has 88 valence electrons. The molecular formula is C14H14O3. The van der Waals surface area contributed by atoms with Crippen molar-refractivity contribution in [3.05, 3.63) is 59.5 Å². The van der Waals surface area contributed by atoms with E-state index >= 15 is 0 Å². The van der Waals surface area contributed by atoms with Crippen LogP contribution in [0.15, 0.2) is 46.9 Å². The zero-order valence-corrected chi connectivity index (χ0v) is 9.84. The summed E-state index contributed by atoms with van der Waals surface area (Å²) in [6, 6.07) is 13.4. The third-order valence-corrected chi connectivity index (χ3v) is 2.74. The quantitative estimate of drug-likeness (QED) is 0.760. The fourth-order valence-corrected chi connectivity index (χ4v) is 1.70. The van der Waals surface area contributed by atoms with E-state index in [0.29, 0.717) is 0 Å². The van der Waals surface area contributed by atoms with Crippen LogP contribution in [0.4, 0.5) is 0 Å². The van der Waals surface area contributed by atoms with E-state index in [9.17, 15) is 4.79 Å². The molecule has 0 bridgehead atoms. The number of hydrogen-bond acceptors (Lipinski definition) is 3. The van der Waals surface area contributed by atoms with Crippen LogP contribution in [0.25, 0.3) is 0 Å². The van der Waals surface area contributed by atoms with E-state index < -0.39 is 5.97 Å². The first kappa shape index (κ1) is 11.5. The number of ether oxygens (including phenoxy) is 1. The van der Waals surface area contributed by atoms with Crippen molar-refractivity contribution in [2.24, 2.45) is 0 Å². The topological polar surface area (TPSA) is 39.4 Å². The van der Waals surface area contributed by atoms with Gasteiger partial charge in [0.05, 0.1) is 7.11 Å². The number of furan rings is 1. The predicted molar refractivity (Wildman–Crippen MR) is 64.0 cm³/mol. The molecule has 1 unspecified atom stereocenters. The molecule has 2 rings (SSSR count). The Labute approximate surface area is 100 Å². The van der Waals surface area contributed by atoms with Crippen molar-refractivity contribution in [1.82, 2.24) is 0 Å². The van der Waals surface area contributed by atoms with Crippen molar-refractivity contribution < 1.29 is 13.9 Å². The van der Waals surface area contributed by atoms with Gasteiger partial charge in [-0.1, -0.05) is 37.3 Å². The van der Waals surface area contributed by atoms with Gasteiger partial charge in [0, 0.05) is 5.92 Å². The Hall–Kier alpha value is -2.03. The van der Waals surface area contributed by atoms with Gasteiger partial charge >= 0.3 is 5.97 Å². The van der Waals surface area contributed by atoms with Crippen LogP contribution in [0.2, 0.25) is 0 Å². The fraction of sp³-hybridized carbons (Fsp3) is 0.214. The molecule has 0 spiro atoms. The predicted octanol–water partition coefficient (Wildman–Crippen LogP) is 3.22. The average molecular weight is 230 g/mol. The molecule has 17 heavy (non-hydrogen) atoms. The SMILES string of the molecule is COC(=O)c1ccc(C(C)c2ccccc2)o1. The lowest BCUT2D eigenvalue weighted by Crippen LogP contribution is -1.99. The maximum absolute atomic E-state index is 11.3. The maximum Gasteiger partial charge on any atom is 0.373 e. The summed E-state index contributed by atoms with van der Waals surface area (Å²) >= 11 is 0. The zero-order valence-electron chi connectivity index (χ0n) is 9.84. The summed E-state index contributed by atoms with van der Waals surface area (Å²) < 4.78 is 10.1. The molecule has 0 saturated carbocycles. The van der Waals surface area contributed by atoms with E-state index in [1.807, 2.05) is 43.3 Å². The summed E-state index contributed by atoms with van der Waals surface area (Å²) in [6.07, 6.45) is 0. The lowest BCUT2D eigenvalue weighted by molar-refractivity contribution is 0.0563. The first-order chi connectivity index (χ1) is 8.22. The molecule has 1 atom stereocenters. The van der Waals surface area contributed by atoms with Gasteiger partial charge in [0.15, 0.2) is 0 Å². The van der Waals surface area contributed by atoms with Crippen LogP contribution in [-0.4, -0.2) is 13.1 Å². The fourth-order valence-electron chi connectivity index (χ4n) is 1.70. The maximum atomic E-state index is 11.3. The van der Waals surface area contributed by atoms with Crippen LogP contribution in [-0.2, 0) is 4.74 Å². The van der Waals surface area contributed by atoms with Crippen molar-refractivity contribution in [3.63, 3.8) is 0 Å². The molecule has 0 aliphatic heterocycles. The Morgan fingerprint density at radius 2 is 1.88 bits per heavy atom. The second kappa shape index (κ2) is 4.87. The number of methoxy groups -OCH3 is 1. The first-order valence-corrected chi connectivity index (χ1v) is 5.45. The highest BCUT2D eigenvalue weighted by Crippen LogP contribution is 2.25. The van der Waals surface area contributed by atoms with Crippen LogP contribution in [0, 0.1) is 0 Å². The van der Waals surface area contributed by atoms with Crippen LogP contribution in [0.5, 0.6) is 0 Å².